The van der Waals surface area contributed by atoms with Crippen LogP contribution in [-0.4, -0.2) is 23.0 Å². The first-order valence-electron chi connectivity index (χ1n) is 5.61. The van der Waals surface area contributed by atoms with Crippen LogP contribution in [0.2, 0.25) is 5.15 Å². The zero-order chi connectivity index (χ0) is 10.7. The molecule has 1 aromatic heterocycles. The summed E-state index contributed by atoms with van der Waals surface area (Å²) in [4.78, 5) is 6.57. The number of aromatic nitrogens is 1. The molecule has 0 radical (unpaired) electrons. The molecule has 0 aliphatic carbocycles. The third-order valence-electron chi connectivity index (χ3n) is 3.18. The van der Waals surface area contributed by atoms with E-state index < -0.39 is 0 Å². The van der Waals surface area contributed by atoms with Crippen molar-refractivity contribution in [2.45, 2.75) is 26.3 Å². The topological polar surface area (TPSA) is 16.1 Å². The first-order chi connectivity index (χ1) is 7.29. The second-order valence-electron chi connectivity index (χ2n) is 4.25. The standard InChI is InChI=1S/C12H17ClN2/c1-2-10-5-7-15(8-10)9-11-4-3-6-14-12(11)13/h3-4,6,10H,2,5,7-9H2,1H3. The maximum absolute atomic E-state index is 6.04. The summed E-state index contributed by atoms with van der Waals surface area (Å²) >= 11 is 6.04. The molecule has 2 heterocycles. The summed E-state index contributed by atoms with van der Waals surface area (Å²) in [5.74, 6) is 0.875. The van der Waals surface area contributed by atoms with E-state index in [1.54, 1.807) is 6.20 Å². The first kappa shape index (κ1) is 10.9. The predicted molar refractivity (Wildman–Crippen MR) is 62.9 cm³/mol. The van der Waals surface area contributed by atoms with Crippen LogP contribution in [0.5, 0.6) is 0 Å². The average molecular weight is 225 g/mol. The molecular weight excluding hydrogens is 208 g/mol. The number of likely N-dealkylation sites (tertiary alicyclic amines) is 1. The molecule has 1 aromatic rings. The molecule has 2 rings (SSSR count). The van der Waals surface area contributed by atoms with E-state index in [4.69, 9.17) is 11.6 Å². The van der Waals surface area contributed by atoms with Crippen molar-refractivity contribution in [3.63, 3.8) is 0 Å². The molecule has 0 amide bonds. The van der Waals surface area contributed by atoms with Crippen molar-refractivity contribution in [2.24, 2.45) is 5.92 Å². The van der Waals surface area contributed by atoms with Gasteiger partial charge < -0.3 is 0 Å². The van der Waals surface area contributed by atoms with Gasteiger partial charge in [0.25, 0.3) is 0 Å². The molecule has 1 aliphatic rings. The third-order valence-corrected chi connectivity index (χ3v) is 3.52. The van der Waals surface area contributed by atoms with Gasteiger partial charge >= 0.3 is 0 Å². The maximum atomic E-state index is 6.04. The maximum Gasteiger partial charge on any atom is 0.133 e. The van der Waals surface area contributed by atoms with Gasteiger partial charge in [-0.25, -0.2) is 4.98 Å². The Bertz CT molecular complexity index is 327. The molecule has 0 aromatic carbocycles. The van der Waals surface area contributed by atoms with E-state index in [0.717, 1.165) is 18.0 Å². The van der Waals surface area contributed by atoms with Gasteiger partial charge in [0.2, 0.25) is 0 Å². The zero-order valence-electron chi connectivity index (χ0n) is 9.12. The zero-order valence-corrected chi connectivity index (χ0v) is 9.87. The summed E-state index contributed by atoms with van der Waals surface area (Å²) in [6.07, 6.45) is 4.36. The number of hydrogen-bond donors (Lipinski definition) is 0. The molecule has 1 fully saturated rings. The van der Waals surface area contributed by atoms with Crippen molar-refractivity contribution >= 4 is 11.6 Å². The van der Waals surface area contributed by atoms with Crippen LogP contribution in [0.3, 0.4) is 0 Å². The molecular formula is C12H17ClN2. The Kier molecular flexibility index (Phi) is 3.60. The van der Waals surface area contributed by atoms with E-state index >= 15 is 0 Å². The second-order valence-corrected chi connectivity index (χ2v) is 4.61. The average Bonchev–Trinajstić information content (AvgIpc) is 2.69. The number of rotatable bonds is 3. The normalized spacial score (nSPS) is 22.1. The van der Waals surface area contributed by atoms with Crippen LogP contribution in [0.1, 0.15) is 25.3 Å². The van der Waals surface area contributed by atoms with Crippen LogP contribution in [0.4, 0.5) is 0 Å². The Morgan fingerprint density at radius 1 is 1.60 bits per heavy atom. The van der Waals surface area contributed by atoms with Crippen molar-refractivity contribution in [2.75, 3.05) is 13.1 Å². The van der Waals surface area contributed by atoms with Crippen molar-refractivity contribution in [1.82, 2.24) is 9.88 Å². The van der Waals surface area contributed by atoms with Crippen LogP contribution in [-0.2, 0) is 6.54 Å². The minimum absolute atomic E-state index is 0.650. The highest BCUT2D eigenvalue weighted by molar-refractivity contribution is 6.30. The van der Waals surface area contributed by atoms with Crippen molar-refractivity contribution in [1.29, 1.82) is 0 Å². The van der Waals surface area contributed by atoms with Gasteiger partial charge in [-0.2, -0.15) is 0 Å². The lowest BCUT2D eigenvalue weighted by atomic mass is 10.1. The minimum Gasteiger partial charge on any atom is -0.299 e. The Hall–Kier alpha value is -0.600. The molecule has 0 saturated carbocycles. The van der Waals surface area contributed by atoms with Crippen molar-refractivity contribution < 1.29 is 0 Å². The van der Waals surface area contributed by atoms with Crippen LogP contribution >= 0.6 is 11.6 Å². The largest absolute Gasteiger partial charge is 0.299 e. The SMILES string of the molecule is CCC1CCN(Cc2cccnc2Cl)C1. The lowest BCUT2D eigenvalue weighted by Crippen LogP contribution is -2.20. The summed E-state index contributed by atoms with van der Waals surface area (Å²) in [6, 6.07) is 4.02. The molecule has 3 heteroatoms. The fourth-order valence-corrected chi connectivity index (χ4v) is 2.35. The Morgan fingerprint density at radius 2 is 2.47 bits per heavy atom. The van der Waals surface area contributed by atoms with E-state index in [2.05, 4.69) is 22.9 Å². The van der Waals surface area contributed by atoms with E-state index in [1.165, 1.54) is 25.9 Å². The van der Waals surface area contributed by atoms with Gasteiger partial charge in [0, 0.05) is 24.8 Å². The number of halogens is 1. The van der Waals surface area contributed by atoms with E-state index in [-0.39, 0.29) is 0 Å². The fraction of sp³-hybridized carbons (Fsp3) is 0.583. The molecule has 1 atom stereocenters. The van der Waals surface area contributed by atoms with Crippen molar-refractivity contribution in [3.05, 3.63) is 29.0 Å². The fourth-order valence-electron chi connectivity index (χ4n) is 2.17. The van der Waals surface area contributed by atoms with Crippen LogP contribution < -0.4 is 0 Å². The molecule has 2 nitrogen and oxygen atoms in total. The van der Waals surface area contributed by atoms with Gasteiger partial charge in [-0.3, -0.25) is 4.90 Å². The third kappa shape index (κ3) is 2.70. The van der Waals surface area contributed by atoms with Gasteiger partial charge in [-0.1, -0.05) is 31.0 Å². The summed E-state index contributed by atoms with van der Waals surface area (Å²) in [5, 5.41) is 0.650. The van der Waals surface area contributed by atoms with Crippen LogP contribution in [0, 0.1) is 5.92 Å². The van der Waals surface area contributed by atoms with Gasteiger partial charge in [-0.15, -0.1) is 0 Å². The van der Waals surface area contributed by atoms with Gasteiger partial charge in [0.15, 0.2) is 0 Å². The molecule has 15 heavy (non-hydrogen) atoms. The minimum atomic E-state index is 0.650. The molecule has 1 saturated heterocycles. The highest BCUT2D eigenvalue weighted by atomic mass is 35.5. The van der Waals surface area contributed by atoms with E-state index in [1.807, 2.05) is 6.07 Å². The number of nitrogens with zero attached hydrogens (tertiary/aromatic N) is 2. The molecule has 0 N–H and O–H groups in total. The Balaban J connectivity index is 1.96. The van der Waals surface area contributed by atoms with Crippen LogP contribution in [0.15, 0.2) is 18.3 Å². The summed E-state index contributed by atoms with van der Waals surface area (Å²) in [7, 11) is 0. The molecule has 1 aliphatic heterocycles. The lowest BCUT2D eigenvalue weighted by Gasteiger charge is -2.15. The molecule has 0 spiro atoms. The lowest BCUT2D eigenvalue weighted by molar-refractivity contribution is 0.315. The van der Waals surface area contributed by atoms with Crippen LogP contribution in [0.25, 0.3) is 0 Å². The van der Waals surface area contributed by atoms with Gasteiger partial charge in [-0.05, 0) is 24.9 Å². The molecule has 82 valence electrons. The summed E-state index contributed by atoms with van der Waals surface area (Å²) in [5.41, 5.74) is 1.15. The Labute approximate surface area is 96.3 Å². The summed E-state index contributed by atoms with van der Waals surface area (Å²) in [6.45, 7) is 5.62. The number of pyridine rings is 1. The highest BCUT2D eigenvalue weighted by Gasteiger charge is 2.21. The predicted octanol–water partition coefficient (Wildman–Crippen LogP) is 2.97. The molecule has 1 unspecified atom stereocenters. The Morgan fingerprint density at radius 3 is 3.13 bits per heavy atom. The quantitative estimate of drug-likeness (QED) is 0.734. The van der Waals surface area contributed by atoms with Crippen molar-refractivity contribution in [3.8, 4) is 0 Å². The van der Waals surface area contributed by atoms with Gasteiger partial charge in [0.05, 0.1) is 0 Å². The molecule has 0 bridgehead atoms. The monoisotopic (exact) mass is 224 g/mol. The van der Waals surface area contributed by atoms with Gasteiger partial charge in [0.1, 0.15) is 5.15 Å². The van der Waals surface area contributed by atoms with E-state index in [9.17, 15) is 0 Å². The number of hydrogen-bond acceptors (Lipinski definition) is 2. The smallest absolute Gasteiger partial charge is 0.133 e. The second kappa shape index (κ2) is 4.95. The van der Waals surface area contributed by atoms with E-state index in [0.29, 0.717) is 5.15 Å². The highest BCUT2D eigenvalue weighted by Crippen LogP contribution is 2.22. The summed E-state index contributed by atoms with van der Waals surface area (Å²) < 4.78 is 0. The first-order valence-corrected chi connectivity index (χ1v) is 5.99.